The molecule has 0 saturated heterocycles. The molecular weight excluding hydrogens is 318 g/mol. The van der Waals surface area contributed by atoms with Crippen molar-refractivity contribution >= 4 is 17.9 Å². The van der Waals surface area contributed by atoms with Gasteiger partial charge in [-0.25, -0.2) is 0 Å². The van der Waals surface area contributed by atoms with E-state index in [2.05, 4.69) is 24.9 Å². The molecule has 0 aliphatic rings. The van der Waals surface area contributed by atoms with Gasteiger partial charge in [0.25, 0.3) is 0 Å². The monoisotopic (exact) mass is 337 g/mol. The molecule has 0 heterocycles. The molecule has 0 bridgehead atoms. The molecule has 20 heavy (non-hydrogen) atoms. The summed E-state index contributed by atoms with van der Waals surface area (Å²) < 4.78 is 8.51. The van der Waals surface area contributed by atoms with Crippen molar-refractivity contribution < 1.29 is 39.3 Å². The van der Waals surface area contributed by atoms with Crippen molar-refractivity contribution in [1.29, 1.82) is 0 Å². The molecule has 6 N–H and O–H groups in total. The third kappa shape index (κ3) is 8.23. The topological polar surface area (TPSA) is 148 Å². The Bertz CT molecular complexity index is 340. The molecule has 0 saturated carbocycles. The molecular formula is C11H20CuN3O5. The molecule has 120 valence electrons. The number of carbonyl (C=O) groups excluding carboxylic acids is 3. The molecule has 2 unspecified atom stereocenters. The van der Waals surface area contributed by atoms with E-state index in [0.29, 0.717) is 19.4 Å². The van der Waals surface area contributed by atoms with E-state index in [4.69, 9.17) is 17.2 Å². The van der Waals surface area contributed by atoms with Crippen LogP contribution in [0.25, 0.3) is 0 Å². The normalized spacial score (nSPS) is 13.4. The quantitative estimate of drug-likeness (QED) is 0.202. The van der Waals surface area contributed by atoms with Gasteiger partial charge in [-0.3, -0.25) is 0 Å². The summed E-state index contributed by atoms with van der Waals surface area (Å²) in [5.41, 5.74) is 16.3. The van der Waals surface area contributed by atoms with E-state index >= 15 is 0 Å². The molecule has 8 nitrogen and oxygen atoms in total. The number of ether oxygens (including phenoxy) is 1. The molecule has 0 aliphatic heterocycles. The fourth-order valence-corrected chi connectivity index (χ4v) is 1.40. The van der Waals surface area contributed by atoms with Crippen LogP contribution in [0.4, 0.5) is 0 Å². The minimum atomic E-state index is -1.11. The van der Waals surface area contributed by atoms with Gasteiger partial charge < -0.3 is 5.73 Å². The SMILES string of the molecule is NCCCCC(N)C(=O)OC(=O)C(N)CCC(=O)[O][Cu]. The van der Waals surface area contributed by atoms with Gasteiger partial charge in [0.15, 0.2) is 0 Å². The predicted octanol–water partition coefficient (Wildman–Crippen LogP) is -1.37. The van der Waals surface area contributed by atoms with Gasteiger partial charge in [0.1, 0.15) is 0 Å². The van der Waals surface area contributed by atoms with Crippen LogP contribution in [0.5, 0.6) is 0 Å². The predicted molar refractivity (Wildman–Crippen MR) is 65.3 cm³/mol. The summed E-state index contributed by atoms with van der Waals surface area (Å²) in [5.74, 6) is -2.45. The number of unbranched alkanes of at least 4 members (excludes halogenated alkanes) is 1. The maximum atomic E-state index is 11.5. The summed E-state index contributed by atoms with van der Waals surface area (Å²) in [6, 6.07) is -2.00. The average Bonchev–Trinajstić information content (AvgIpc) is 2.43. The Balaban J connectivity index is 4.04. The van der Waals surface area contributed by atoms with E-state index in [1.54, 1.807) is 0 Å². The molecule has 0 rings (SSSR count). The van der Waals surface area contributed by atoms with Crippen LogP contribution in [0.3, 0.4) is 0 Å². The first-order valence-corrected chi connectivity index (χ1v) is 6.55. The number of carbonyl (C=O) groups is 3. The Morgan fingerprint density at radius 2 is 1.55 bits per heavy atom. The van der Waals surface area contributed by atoms with Crippen molar-refractivity contribution in [2.75, 3.05) is 6.54 Å². The van der Waals surface area contributed by atoms with Gasteiger partial charge in [-0.15, -0.1) is 0 Å². The van der Waals surface area contributed by atoms with E-state index in [9.17, 15) is 14.4 Å². The van der Waals surface area contributed by atoms with Crippen LogP contribution < -0.4 is 17.2 Å². The number of nitrogens with two attached hydrogens (primary N) is 3. The third-order valence-corrected chi connectivity index (χ3v) is 2.72. The van der Waals surface area contributed by atoms with Crippen molar-refractivity contribution in [2.24, 2.45) is 17.2 Å². The second-order valence-electron chi connectivity index (χ2n) is 4.21. The molecule has 0 amide bonds. The molecule has 2 atom stereocenters. The standard InChI is InChI=1S/C11H21N3O5.Cu/c12-6-2-1-3-7(13)10(17)19-11(18)8(14)4-5-9(15)16;/h7-8H,1-6,12-14H2,(H,15,16);/q;+1/p-1. The van der Waals surface area contributed by atoms with Crippen molar-refractivity contribution in [3.63, 3.8) is 0 Å². The van der Waals surface area contributed by atoms with E-state index in [1.807, 2.05) is 0 Å². The van der Waals surface area contributed by atoms with Crippen LogP contribution in [0.15, 0.2) is 0 Å². The summed E-state index contributed by atoms with van der Waals surface area (Å²) in [6.07, 6.45) is 1.61. The maximum absolute atomic E-state index is 11.5. The average molecular weight is 338 g/mol. The Morgan fingerprint density at radius 3 is 2.05 bits per heavy atom. The van der Waals surface area contributed by atoms with E-state index < -0.39 is 30.0 Å². The van der Waals surface area contributed by atoms with Gasteiger partial charge in [-0.1, -0.05) is 0 Å². The molecule has 0 spiro atoms. The number of hydrogen-bond donors (Lipinski definition) is 3. The zero-order valence-electron chi connectivity index (χ0n) is 11.0. The molecule has 0 aromatic carbocycles. The fraction of sp³-hybridized carbons (Fsp3) is 0.727. The molecule has 0 radical (unpaired) electrons. The van der Waals surface area contributed by atoms with Crippen LogP contribution in [-0.4, -0.2) is 36.5 Å². The molecule has 0 aliphatic carbocycles. The van der Waals surface area contributed by atoms with E-state index in [-0.39, 0.29) is 12.8 Å². The summed E-state index contributed by atoms with van der Waals surface area (Å²) in [6.45, 7) is 0.504. The van der Waals surface area contributed by atoms with Gasteiger partial charge >= 0.3 is 113 Å². The van der Waals surface area contributed by atoms with Crippen LogP contribution in [-0.2, 0) is 39.3 Å². The Morgan fingerprint density at radius 1 is 1.00 bits per heavy atom. The van der Waals surface area contributed by atoms with Crippen LogP contribution in [0.2, 0.25) is 0 Å². The van der Waals surface area contributed by atoms with E-state index in [0.717, 1.165) is 6.42 Å². The van der Waals surface area contributed by atoms with Gasteiger partial charge in [-0.05, 0) is 6.54 Å². The summed E-state index contributed by atoms with van der Waals surface area (Å²) in [4.78, 5) is 33.7. The van der Waals surface area contributed by atoms with Crippen molar-refractivity contribution in [3.05, 3.63) is 0 Å². The van der Waals surface area contributed by atoms with Gasteiger partial charge in [0.2, 0.25) is 0 Å². The molecule has 9 heteroatoms. The summed E-state index contributed by atoms with van der Waals surface area (Å²) in [7, 11) is 0. The second-order valence-corrected chi connectivity index (χ2v) is 4.40. The number of rotatable bonds is 9. The Kier molecular flexibility index (Phi) is 10.2. The van der Waals surface area contributed by atoms with Crippen molar-refractivity contribution in [2.45, 2.75) is 44.2 Å². The van der Waals surface area contributed by atoms with Crippen LogP contribution >= 0.6 is 0 Å². The molecule has 0 aromatic rings. The molecule has 0 aromatic heterocycles. The zero-order chi connectivity index (χ0) is 15.5. The zero-order valence-corrected chi connectivity index (χ0v) is 11.9. The first-order chi connectivity index (χ1) is 9.42. The van der Waals surface area contributed by atoms with Crippen molar-refractivity contribution in [1.82, 2.24) is 0 Å². The van der Waals surface area contributed by atoms with Crippen LogP contribution in [0.1, 0.15) is 32.1 Å². The Hall–Kier alpha value is -0.991. The number of esters is 2. The second kappa shape index (κ2) is 10.8. The minimum absolute atomic E-state index is 0.0271. The first kappa shape index (κ1) is 19.0. The Labute approximate surface area is 125 Å². The van der Waals surface area contributed by atoms with Crippen LogP contribution in [0, 0.1) is 0 Å². The van der Waals surface area contributed by atoms with Gasteiger partial charge in [0, 0.05) is 0 Å². The third-order valence-electron chi connectivity index (χ3n) is 2.50. The fourth-order valence-electron chi connectivity index (χ4n) is 1.30. The van der Waals surface area contributed by atoms with Gasteiger partial charge in [-0.2, -0.15) is 0 Å². The van der Waals surface area contributed by atoms with E-state index in [1.165, 1.54) is 0 Å². The molecule has 0 fully saturated rings. The summed E-state index contributed by atoms with van der Waals surface area (Å²) >= 11 is 4.20. The number of hydrogen-bond acceptors (Lipinski definition) is 8. The first-order valence-electron chi connectivity index (χ1n) is 6.17. The van der Waals surface area contributed by atoms with Gasteiger partial charge in [0.05, 0.1) is 0 Å². The summed E-state index contributed by atoms with van der Waals surface area (Å²) in [5, 5.41) is 0. The van der Waals surface area contributed by atoms with Crippen molar-refractivity contribution in [3.8, 4) is 0 Å².